The summed E-state index contributed by atoms with van der Waals surface area (Å²) >= 11 is 1.07. The summed E-state index contributed by atoms with van der Waals surface area (Å²) < 4.78 is 41.7. The highest BCUT2D eigenvalue weighted by Crippen LogP contribution is 2.27. The summed E-state index contributed by atoms with van der Waals surface area (Å²) in [5.74, 6) is -1.29. The minimum atomic E-state index is -4.57. The number of alkyl halides is 3. The number of aromatic nitrogens is 1. The van der Waals surface area contributed by atoms with Gasteiger partial charge in [-0.1, -0.05) is 0 Å². The molecule has 0 aliphatic carbocycles. The first-order valence-corrected chi connectivity index (χ1v) is 6.71. The Kier molecular flexibility index (Phi) is 4.45. The van der Waals surface area contributed by atoms with E-state index in [1.165, 1.54) is 13.2 Å². The molecule has 0 unspecified atom stereocenters. The standard InChI is InChI=1S/C13H9F3N2O3S/c1-21-12(20)10-8(4-5-22-10)18-11(19)7-2-3-9(17-6-7)13(14,15)16/h2-6H,1H3,(H,18,19). The molecule has 116 valence electrons. The van der Waals surface area contributed by atoms with E-state index in [1.54, 1.807) is 5.38 Å². The topological polar surface area (TPSA) is 68.3 Å². The lowest BCUT2D eigenvalue weighted by Crippen LogP contribution is -2.15. The Bertz CT molecular complexity index is 695. The Morgan fingerprint density at radius 1 is 1.27 bits per heavy atom. The van der Waals surface area contributed by atoms with E-state index in [2.05, 4.69) is 15.0 Å². The van der Waals surface area contributed by atoms with Gasteiger partial charge in [0.2, 0.25) is 0 Å². The molecule has 0 saturated carbocycles. The molecule has 2 heterocycles. The third kappa shape index (κ3) is 3.42. The number of rotatable bonds is 3. The van der Waals surface area contributed by atoms with Crippen LogP contribution in [0, 0.1) is 0 Å². The third-order valence-electron chi connectivity index (χ3n) is 2.60. The maximum absolute atomic E-state index is 12.4. The number of nitrogens with zero attached hydrogens (tertiary/aromatic N) is 1. The van der Waals surface area contributed by atoms with Crippen LogP contribution in [-0.2, 0) is 10.9 Å². The van der Waals surface area contributed by atoms with E-state index in [0.717, 1.165) is 23.6 Å². The summed E-state index contributed by atoms with van der Waals surface area (Å²) in [7, 11) is 1.20. The van der Waals surface area contributed by atoms with Gasteiger partial charge in [0, 0.05) is 6.20 Å². The van der Waals surface area contributed by atoms with Gasteiger partial charge in [-0.05, 0) is 23.6 Å². The van der Waals surface area contributed by atoms with Gasteiger partial charge in [-0.3, -0.25) is 9.78 Å². The Morgan fingerprint density at radius 2 is 2.00 bits per heavy atom. The van der Waals surface area contributed by atoms with Crippen LogP contribution in [0.1, 0.15) is 25.7 Å². The molecule has 0 spiro atoms. The van der Waals surface area contributed by atoms with Crippen LogP contribution >= 0.6 is 11.3 Å². The molecule has 0 radical (unpaired) electrons. The second kappa shape index (κ2) is 6.14. The molecule has 0 fully saturated rings. The quantitative estimate of drug-likeness (QED) is 0.878. The zero-order valence-electron chi connectivity index (χ0n) is 11.1. The zero-order chi connectivity index (χ0) is 16.3. The molecule has 0 aromatic carbocycles. The Hall–Kier alpha value is -2.42. The largest absolute Gasteiger partial charge is 0.465 e. The fourth-order valence-corrected chi connectivity index (χ4v) is 2.31. The van der Waals surface area contributed by atoms with Crippen molar-refractivity contribution in [3.05, 3.63) is 45.9 Å². The molecule has 2 aromatic rings. The van der Waals surface area contributed by atoms with Crippen LogP contribution in [0.4, 0.5) is 18.9 Å². The van der Waals surface area contributed by atoms with E-state index in [0.29, 0.717) is 6.07 Å². The van der Waals surface area contributed by atoms with E-state index >= 15 is 0 Å². The maximum atomic E-state index is 12.4. The smallest absolute Gasteiger partial charge is 0.433 e. The number of halogens is 3. The third-order valence-corrected chi connectivity index (χ3v) is 3.49. The second-order valence-corrected chi connectivity index (χ2v) is 4.96. The highest BCUT2D eigenvalue weighted by molar-refractivity contribution is 7.12. The minimum absolute atomic E-state index is 0.0602. The summed E-state index contributed by atoms with van der Waals surface area (Å²) in [4.78, 5) is 26.8. The number of carbonyl (C=O) groups is 2. The molecule has 1 amide bonds. The summed E-state index contributed by atoms with van der Waals surface area (Å²) in [6.45, 7) is 0. The predicted octanol–water partition coefficient (Wildman–Crippen LogP) is 3.20. The zero-order valence-corrected chi connectivity index (χ0v) is 11.9. The van der Waals surface area contributed by atoms with E-state index in [4.69, 9.17) is 0 Å². The monoisotopic (exact) mass is 330 g/mol. The van der Waals surface area contributed by atoms with Crippen molar-refractivity contribution in [3.8, 4) is 0 Å². The molecule has 0 aliphatic rings. The number of carbonyl (C=O) groups excluding carboxylic acids is 2. The molecular formula is C13H9F3N2O3S. The van der Waals surface area contributed by atoms with Crippen molar-refractivity contribution in [1.29, 1.82) is 0 Å². The molecule has 0 saturated heterocycles. The van der Waals surface area contributed by atoms with Crippen molar-refractivity contribution in [1.82, 2.24) is 4.98 Å². The Morgan fingerprint density at radius 3 is 2.55 bits per heavy atom. The maximum Gasteiger partial charge on any atom is 0.433 e. The van der Waals surface area contributed by atoms with Crippen LogP contribution < -0.4 is 5.32 Å². The van der Waals surface area contributed by atoms with Gasteiger partial charge < -0.3 is 10.1 Å². The van der Waals surface area contributed by atoms with Crippen LogP contribution in [0.5, 0.6) is 0 Å². The van der Waals surface area contributed by atoms with Crippen LogP contribution in [-0.4, -0.2) is 24.0 Å². The van der Waals surface area contributed by atoms with E-state index in [9.17, 15) is 22.8 Å². The Labute approximate surface area is 126 Å². The lowest BCUT2D eigenvalue weighted by atomic mass is 10.2. The summed E-state index contributed by atoms with van der Waals surface area (Å²) in [6, 6.07) is 3.21. The van der Waals surface area contributed by atoms with Crippen LogP contribution in [0.15, 0.2) is 29.8 Å². The van der Waals surface area contributed by atoms with Crippen molar-refractivity contribution < 1.29 is 27.5 Å². The van der Waals surface area contributed by atoms with Gasteiger partial charge in [0.1, 0.15) is 10.6 Å². The van der Waals surface area contributed by atoms with Crippen LogP contribution in [0.2, 0.25) is 0 Å². The van der Waals surface area contributed by atoms with Gasteiger partial charge in [-0.25, -0.2) is 4.79 Å². The summed E-state index contributed by atoms with van der Waals surface area (Å²) in [5, 5.41) is 4.01. The lowest BCUT2D eigenvalue weighted by molar-refractivity contribution is -0.141. The minimum Gasteiger partial charge on any atom is -0.465 e. The molecule has 0 aliphatic heterocycles. The molecule has 2 rings (SSSR count). The Balaban J connectivity index is 2.16. The highest BCUT2D eigenvalue weighted by atomic mass is 32.1. The van der Waals surface area contributed by atoms with Gasteiger partial charge in [0.25, 0.3) is 5.91 Å². The number of methoxy groups -OCH3 is 1. The number of esters is 1. The molecule has 22 heavy (non-hydrogen) atoms. The first kappa shape index (κ1) is 16.0. The fourth-order valence-electron chi connectivity index (χ4n) is 1.55. The number of ether oxygens (including phenoxy) is 1. The van der Waals surface area contributed by atoms with Gasteiger partial charge >= 0.3 is 12.1 Å². The molecule has 1 N–H and O–H groups in total. The number of thiophene rings is 1. The van der Waals surface area contributed by atoms with Crippen molar-refractivity contribution in [2.24, 2.45) is 0 Å². The average Bonchev–Trinajstić information content (AvgIpc) is 2.93. The average molecular weight is 330 g/mol. The van der Waals surface area contributed by atoms with Crippen molar-refractivity contribution in [2.75, 3.05) is 12.4 Å². The van der Waals surface area contributed by atoms with E-state index in [1.807, 2.05) is 0 Å². The molecular weight excluding hydrogens is 321 g/mol. The van der Waals surface area contributed by atoms with Crippen molar-refractivity contribution in [2.45, 2.75) is 6.18 Å². The fraction of sp³-hybridized carbons (Fsp3) is 0.154. The SMILES string of the molecule is COC(=O)c1sccc1NC(=O)c1ccc(C(F)(F)F)nc1. The first-order valence-electron chi connectivity index (χ1n) is 5.83. The summed E-state index contributed by atoms with van der Waals surface area (Å²) in [5.41, 5.74) is -0.924. The van der Waals surface area contributed by atoms with E-state index in [-0.39, 0.29) is 16.1 Å². The number of amides is 1. The number of anilines is 1. The molecule has 0 atom stereocenters. The predicted molar refractivity (Wildman–Crippen MR) is 72.9 cm³/mol. The first-order chi connectivity index (χ1) is 10.3. The van der Waals surface area contributed by atoms with Crippen molar-refractivity contribution >= 4 is 28.9 Å². The van der Waals surface area contributed by atoms with Gasteiger partial charge in [0.15, 0.2) is 0 Å². The number of hydrogen-bond acceptors (Lipinski definition) is 5. The molecule has 2 aromatic heterocycles. The molecule has 9 heteroatoms. The lowest BCUT2D eigenvalue weighted by Gasteiger charge is -2.07. The summed E-state index contributed by atoms with van der Waals surface area (Å²) in [6.07, 6.45) is -3.75. The second-order valence-electron chi connectivity index (χ2n) is 4.04. The van der Waals surface area contributed by atoms with Crippen LogP contribution in [0.25, 0.3) is 0 Å². The van der Waals surface area contributed by atoms with Gasteiger partial charge in [0.05, 0.1) is 18.4 Å². The van der Waals surface area contributed by atoms with Gasteiger partial charge in [-0.15, -0.1) is 11.3 Å². The number of hydrogen-bond donors (Lipinski definition) is 1. The molecule has 0 bridgehead atoms. The van der Waals surface area contributed by atoms with Crippen LogP contribution in [0.3, 0.4) is 0 Å². The van der Waals surface area contributed by atoms with Crippen molar-refractivity contribution in [3.63, 3.8) is 0 Å². The highest BCUT2D eigenvalue weighted by Gasteiger charge is 2.32. The normalized spacial score (nSPS) is 11.1. The van der Waals surface area contributed by atoms with Gasteiger partial charge in [-0.2, -0.15) is 13.2 Å². The van der Waals surface area contributed by atoms with E-state index < -0.39 is 23.7 Å². The number of nitrogens with one attached hydrogen (secondary N) is 1. The number of pyridine rings is 1. The molecule has 5 nitrogen and oxygen atoms in total.